The third-order valence-electron chi connectivity index (χ3n) is 5.24. The second kappa shape index (κ2) is 8.16. The average molecular weight is 455 g/mol. The molecule has 8 nitrogen and oxygen atoms in total. The fraction of sp³-hybridized carbons (Fsp3) is 0.217. The van der Waals surface area contributed by atoms with Crippen molar-refractivity contribution in [3.8, 4) is 17.2 Å². The summed E-state index contributed by atoms with van der Waals surface area (Å²) in [5, 5.41) is 5.19. The zero-order valence-electron chi connectivity index (χ0n) is 18.2. The Hall–Kier alpha value is -3.59. The quantitative estimate of drug-likeness (QED) is 0.460. The van der Waals surface area contributed by atoms with Crippen molar-refractivity contribution in [1.29, 1.82) is 0 Å². The maximum absolute atomic E-state index is 12.7. The predicted octanol–water partition coefficient (Wildman–Crippen LogP) is 3.38. The average Bonchev–Trinajstić information content (AvgIpc) is 3.28. The van der Waals surface area contributed by atoms with Crippen LogP contribution in [0.5, 0.6) is 17.2 Å². The van der Waals surface area contributed by atoms with Crippen molar-refractivity contribution in [3.05, 3.63) is 41.5 Å². The molecular formula is C23H22N2O6S. The van der Waals surface area contributed by atoms with Gasteiger partial charge < -0.3 is 19.2 Å². The lowest BCUT2D eigenvalue weighted by molar-refractivity contribution is 0.0880. The van der Waals surface area contributed by atoms with Gasteiger partial charge >= 0.3 is 0 Å². The van der Waals surface area contributed by atoms with Gasteiger partial charge in [-0.15, -0.1) is 0 Å². The summed E-state index contributed by atoms with van der Waals surface area (Å²) in [4.78, 5) is 28.7. The lowest BCUT2D eigenvalue weighted by Gasteiger charge is -2.16. The number of aromatic amines is 1. The molecule has 2 amide bonds. The van der Waals surface area contributed by atoms with E-state index in [0.717, 1.165) is 10.9 Å². The molecule has 166 valence electrons. The van der Waals surface area contributed by atoms with Gasteiger partial charge in [-0.25, -0.2) is 0 Å². The highest BCUT2D eigenvalue weighted by Crippen LogP contribution is 2.49. The highest BCUT2D eigenvalue weighted by atomic mass is 32.2. The second-order valence-corrected chi connectivity index (χ2v) is 8.75. The highest BCUT2D eigenvalue weighted by molar-refractivity contribution is 7.83. The third-order valence-corrected chi connectivity index (χ3v) is 5.24. The van der Waals surface area contributed by atoms with Crippen molar-refractivity contribution in [2.45, 2.75) is 0 Å². The number of hydrogen-bond acceptors (Lipinski definition) is 6. The first-order valence-corrected chi connectivity index (χ1v) is 11.6. The molecule has 1 aliphatic heterocycles. The molecule has 0 aliphatic carbocycles. The van der Waals surface area contributed by atoms with Crippen molar-refractivity contribution < 1.29 is 28.0 Å². The maximum Gasteiger partial charge on any atom is 0.259 e. The molecule has 0 saturated carbocycles. The first-order valence-electron chi connectivity index (χ1n) is 9.63. The van der Waals surface area contributed by atoms with Crippen LogP contribution in [-0.4, -0.2) is 54.8 Å². The molecule has 1 aliphatic rings. The van der Waals surface area contributed by atoms with Crippen molar-refractivity contribution >= 4 is 55.2 Å². The maximum atomic E-state index is 12.7. The number of rotatable bonds is 3. The summed E-state index contributed by atoms with van der Waals surface area (Å²) in [6, 6.07) is 9.36. The van der Waals surface area contributed by atoms with E-state index in [0.29, 0.717) is 50.1 Å². The van der Waals surface area contributed by atoms with Gasteiger partial charge in [0.2, 0.25) is 5.75 Å². The van der Waals surface area contributed by atoms with E-state index in [1.54, 1.807) is 18.6 Å². The van der Waals surface area contributed by atoms with Gasteiger partial charge in [-0.3, -0.25) is 19.1 Å². The molecule has 4 aromatic rings. The minimum Gasteiger partial charge on any atom is -0.493 e. The summed E-state index contributed by atoms with van der Waals surface area (Å²) in [5.74, 6) is 0.416. The number of aromatic nitrogens is 1. The largest absolute Gasteiger partial charge is 0.493 e. The molecule has 3 aromatic carbocycles. The van der Waals surface area contributed by atoms with E-state index in [-0.39, 0.29) is 0 Å². The molecule has 0 atom stereocenters. The first kappa shape index (κ1) is 21.6. The van der Waals surface area contributed by atoms with Crippen molar-refractivity contribution in [2.24, 2.45) is 0 Å². The number of amides is 2. The van der Waals surface area contributed by atoms with Crippen LogP contribution in [0.15, 0.2) is 30.3 Å². The Kier molecular flexibility index (Phi) is 5.52. The molecule has 0 saturated heterocycles. The second-order valence-electron chi connectivity index (χ2n) is 7.26. The summed E-state index contributed by atoms with van der Waals surface area (Å²) >= 11 is 0. The molecule has 9 heteroatoms. The number of para-hydroxylation sites is 1. The molecular weight excluding hydrogens is 432 g/mol. The summed E-state index contributed by atoms with van der Waals surface area (Å²) in [6.07, 6.45) is 3.28. The molecule has 0 unspecified atom stereocenters. The van der Waals surface area contributed by atoms with Gasteiger partial charge in [-0.1, -0.05) is 18.2 Å². The fourth-order valence-electron chi connectivity index (χ4n) is 4.14. The fourth-order valence-corrected chi connectivity index (χ4v) is 4.14. The topological polar surface area (TPSA) is 107 Å². The predicted molar refractivity (Wildman–Crippen MR) is 125 cm³/mol. The number of benzene rings is 3. The van der Waals surface area contributed by atoms with E-state index in [2.05, 4.69) is 10.3 Å². The van der Waals surface area contributed by atoms with Gasteiger partial charge in [-0.05, 0) is 12.1 Å². The normalized spacial score (nSPS) is 12.7. The monoisotopic (exact) mass is 454 g/mol. The van der Waals surface area contributed by atoms with Gasteiger partial charge in [-0.2, -0.15) is 0 Å². The molecule has 0 radical (unpaired) electrons. The van der Waals surface area contributed by atoms with Crippen LogP contribution in [0.1, 0.15) is 20.7 Å². The lowest BCUT2D eigenvalue weighted by atomic mass is 9.94. The number of hydrogen-bond donors (Lipinski definition) is 2. The van der Waals surface area contributed by atoms with Crippen LogP contribution in [0.3, 0.4) is 0 Å². The molecule has 0 fully saturated rings. The smallest absolute Gasteiger partial charge is 0.259 e. The standard InChI is InChI=1S/C21H16N2O5.C2H6OS/c1-26-12-8-10-14-16(21(25)23-20(14)24)13-9-6-4-5-7-11(9)22-17(13)15(10)19(28-3)18(12)27-2;1-4(2)3/h4-8,22H,1-3H3,(H,23,24,25);1-2H3. The lowest BCUT2D eigenvalue weighted by Crippen LogP contribution is -2.20. The molecule has 2 heterocycles. The first-order chi connectivity index (χ1) is 15.3. The summed E-state index contributed by atoms with van der Waals surface area (Å²) in [5.41, 5.74) is 2.24. The van der Waals surface area contributed by atoms with Gasteiger partial charge in [0, 0.05) is 45.0 Å². The molecule has 2 N–H and O–H groups in total. The molecule has 5 rings (SSSR count). The summed E-state index contributed by atoms with van der Waals surface area (Å²) in [7, 11) is 3.96. The number of methoxy groups -OCH3 is 3. The van der Waals surface area contributed by atoms with Crippen LogP contribution in [0, 0.1) is 0 Å². The highest BCUT2D eigenvalue weighted by Gasteiger charge is 2.35. The molecule has 32 heavy (non-hydrogen) atoms. The van der Waals surface area contributed by atoms with Crippen LogP contribution >= 0.6 is 0 Å². The number of ether oxygens (including phenoxy) is 3. The number of carbonyl (C=O) groups excluding carboxylic acids is 2. The number of H-pyrrole nitrogens is 1. The van der Waals surface area contributed by atoms with Crippen LogP contribution in [0.2, 0.25) is 0 Å². The Balaban J connectivity index is 0.000000567. The SMILES string of the molecule is COc1cc2c3c(c4c5ccccc5[nH]c4c2c(OC)c1OC)C(=O)NC3=O.CS(C)=O. The van der Waals surface area contributed by atoms with E-state index in [1.165, 1.54) is 21.3 Å². The van der Waals surface area contributed by atoms with E-state index in [1.807, 2.05) is 24.3 Å². The minimum atomic E-state index is -0.611. The zero-order valence-corrected chi connectivity index (χ0v) is 19.1. The van der Waals surface area contributed by atoms with Gasteiger partial charge in [0.25, 0.3) is 11.8 Å². The third kappa shape index (κ3) is 3.16. The van der Waals surface area contributed by atoms with Crippen molar-refractivity contribution in [2.75, 3.05) is 33.8 Å². The molecule has 0 bridgehead atoms. The Morgan fingerprint density at radius 1 is 0.812 bits per heavy atom. The van der Waals surface area contributed by atoms with E-state index < -0.39 is 22.6 Å². The summed E-state index contributed by atoms with van der Waals surface area (Å²) < 4.78 is 26.2. The Morgan fingerprint density at radius 3 is 2.06 bits per heavy atom. The van der Waals surface area contributed by atoms with Crippen LogP contribution < -0.4 is 19.5 Å². The van der Waals surface area contributed by atoms with Gasteiger partial charge in [0.15, 0.2) is 11.5 Å². The Morgan fingerprint density at radius 2 is 1.44 bits per heavy atom. The summed E-state index contributed by atoms with van der Waals surface area (Å²) in [6.45, 7) is 0. The number of carbonyl (C=O) groups is 2. The van der Waals surface area contributed by atoms with Crippen LogP contribution in [0.4, 0.5) is 0 Å². The van der Waals surface area contributed by atoms with Gasteiger partial charge in [0.05, 0.1) is 43.4 Å². The molecule has 0 spiro atoms. The van der Waals surface area contributed by atoms with Crippen LogP contribution in [0.25, 0.3) is 32.6 Å². The van der Waals surface area contributed by atoms with Crippen LogP contribution in [-0.2, 0) is 10.8 Å². The number of nitrogens with one attached hydrogen (secondary N) is 2. The number of imide groups is 1. The zero-order chi connectivity index (χ0) is 23.2. The molecule has 1 aromatic heterocycles. The Labute approximate surface area is 186 Å². The van der Waals surface area contributed by atoms with E-state index in [9.17, 15) is 13.8 Å². The van der Waals surface area contributed by atoms with Crippen molar-refractivity contribution in [1.82, 2.24) is 10.3 Å². The van der Waals surface area contributed by atoms with E-state index >= 15 is 0 Å². The van der Waals surface area contributed by atoms with Crippen molar-refractivity contribution in [3.63, 3.8) is 0 Å². The Bertz CT molecular complexity index is 1440. The minimum absolute atomic E-state index is 0.316. The van der Waals surface area contributed by atoms with E-state index in [4.69, 9.17) is 14.2 Å². The number of fused-ring (bicyclic) bond motifs is 8. The van der Waals surface area contributed by atoms with Gasteiger partial charge in [0.1, 0.15) is 0 Å².